The average Bonchev–Trinajstić information content (AvgIpc) is 2.26. The highest BCUT2D eigenvalue weighted by Crippen LogP contribution is 2.30. The van der Waals surface area contributed by atoms with Crippen molar-refractivity contribution in [2.45, 2.75) is 39.5 Å². The number of amides is 1. The van der Waals surface area contributed by atoms with Gasteiger partial charge in [0.15, 0.2) is 0 Å². The third-order valence-electron chi connectivity index (χ3n) is 3.09. The summed E-state index contributed by atoms with van der Waals surface area (Å²) in [6.45, 7) is 6.33. The highest BCUT2D eigenvalue weighted by molar-refractivity contribution is 5.74. The molecule has 2 N–H and O–H groups in total. The molecule has 0 spiro atoms. The maximum Gasteiger partial charge on any atom is 0.218 e. The Hall–Kier alpha value is -1.51. The van der Waals surface area contributed by atoms with Gasteiger partial charge in [0.2, 0.25) is 5.91 Å². The molecule has 3 nitrogen and oxygen atoms in total. The van der Waals surface area contributed by atoms with Crippen LogP contribution >= 0.6 is 0 Å². The van der Waals surface area contributed by atoms with Crippen molar-refractivity contribution in [2.75, 3.05) is 7.11 Å². The summed E-state index contributed by atoms with van der Waals surface area (Å²) in [6, 6.07) is 6.08. The number of methoxy groups -OCH3 is 1. The van der Waals surface area contributed by atoms with Crippen LogP contribution in [0, 0.1) is 12.8 Å². The van der Waals surface area contributed by atoms with Gasteiger partial charge in [0.05, 0.1) is 7.11 Å². The molecule has 0 aliphatic carbocycles. The Kier molecular flexibility index (Phi) is 5.20. The van der Waals surface area contributed by atoms with Crippen LogP contribution in [0.4, 0.5) is 0 Å². The first-order chi connectivity index (χ1) is 8.43. The monoisotopic (exact) mass is 249 g/mol. The van der Waals surface area contributed by atoms with E-state index in [1.165, 1.54) is 5.56 Å². The van der Waals surface area contributed by atoms with E-state index in [-0.39, 0.29) is 11.8 Å². The average molecular weight is 249 g/mol. The minimum absolute atomic E-state index is 0.201. The topological polar surface area (TPSA) is 52.3 Å². The van der Waals surface area contributed by atoms with Crippen LogP contribution in [0.3, 0.4) is 0 Å². The van der Waals surface area contributed by atoms with Gasteiger partial charge in [-0.25, -0.2) is 0 Å². The molecule has 0 aliphatic heterocycles. The molecule has 3 heteroatoms. The third kappa shape index (κ3) is 4.06. The first-order valence-electron chi connectivity index (χ1n) is 6.36. The number of aryl methyl sites for hydroxylation is 1. The lowest BCUT2D eigenvalue weighted by Gasteiger charge is -2.19. The largest absolute Gasteiger partial charge is 0.496 e. The van der Waals surface area contributed by atoms with Crippen LogP contribution in [0.2, 0.25) is 0 Å². The molecule has 0 heterocycles. The van der Waals surface area contributed by atoms with Crippen molar-refractivity contribution in [3.05, 3.63) is 29.3 Å². The molecule has 1 amide bonds. The zero-order chi connectivity index (χ0) is 13.7. The van der Waals surface area contributed by atoms with Crippen LogP contribution in [0.15, 0.2) is 18.2 Å². The summed E-state index contributed by atoms with van der Waals surface area (Å²) in [5.41, 5.74) is 7.60. The summed E-state index contributed by atoms with van der Waals surface area (Å²) in [5.74, 6) is 1.37. The Balaban J connectivity index is 2.97. The summed E-state index contributed by atoms with van der Waals surface area (Å²) in [7, 11) is 1.66. The second kappa shape index (κ2) is 6.43. The number of hydrogen-bond donors (Lipinski definition) is 1. The van der Waals surface area contributed by atoms with Gasteiger partial charge in [-0.05, 0) is 42.4 Å². The van der Waals surface area contributed by atoms with Crippen LogP contribution in [0.1, 0.15) is 43.7 Å². The van der Waals surface area contributed by atoms with E-state index in [9.17, 15) is 4.79 Å². The fraction of sp³-hybridized carbons (Fsp3) is 0.533. The number of rotatable bonds is 6. The fourth-order valence-corrected chi connectivity index (χ4v) is 2.30. The van der Waals surface area contributed by atoms with Crippen molar-refractivity contribution in [2.24, 2.45) is 11.7 Å². The molecule has 0 aliphatic rings. The number of primary amides is 1. The Bertz CT molecular complexity index is 413. The highest BCUT2D eigenvalue weighted by atomic mass is 16.5. The van der Waals surface area contributed by atoms with E-state index >= 15 is 0 Å². The zero-order valence-electron chi connectivity index (χ0n) is 11.7. The standard InChI is InChI=1S/C15H23NO2/c1-10(2)7-13(9-15(16)17)12-5-6-14(18-4)11(3)8-12/h5-6,8,10,13H,7,9H2,1-4H3,(H2,16,17). The summed E-state index contributed by atoms with van der Waals surface area (Å²) >= 11 is 0. The molecule has 0 bridgehead atoms. The molecule has 1 unspecified atom stereocenters. The Morgan fingerprint density at radius 3 is 2.50 bits per heavy atom. The zero-order valence-corrected chi connectivity index (χ0v) is 11.7. The van der Waals surface area contributed by atoms with E-state index in [4.69, 9.17) is 10.5 Å². The minimum atomic E-state index is -0.242. The number of ether oxygens (including phenoxy) is 1. The molecule has 0 saturated carbocycles. The van der Waals surface area contributed by atoms with Crippen LogP contribution in [-0.4, -0.2) is 13.0 Å². The first kappa shape index (κ1) is 14.6. The molecule has 100 valence electrons. The molecular formula is C15H23NO2. The van der Waals surface area contributed by atoms with Crippen molar-refractivity contribution in [3.8, 4) is 5.75 Å². The highest BCUT2D eigenvalue weighted by Gasteiger charge is 2.17. The van der Waals surface area contributed by atoms with Gasteiger partial charge in [0.25, 0.3) is 0 Å². The summed E-state index contributed by atoms with van der Waals surface area (Å²) in [5, 5.41) is 0. The van der Waals surface area contributed by atoms with Crippen LogP contribution < -0.4 is 10.5 Å². The number of carbonyl (C=O) groups excluding carboxylic acids is 1. The van der Waals surface area contributed by atoms with Gasteiger partial charge in [-0.15, -0.1) is 0 Å². The van der Waals surface area contributed by atoms with Gasteiger partial charge in [0, 0.05) is 6.42 Å². The van der Waals surface area contributed by atoms with E-state index in [1.54, 1.807) is 7.11 Å². The minimum Gasteiger partial charge on any atom is -0.496 e. The first-order valence-corrected chi connectivity index (χ1v) is 6.36. The van der Waals surface area contributed by atoms with E-state index in [0.717, 1.165) is 17.7 Å². The third-order valence-corrected chi connectivity index (χ3v) is 3.09. The second-order valence-electron chi connectivity index (χ2n) is 5.23. The fourth-order valence-electron chi connectivity index (χ4n) is 2.30. The predicted molar refractivity (Wildman–Crippen MR) is 73.7 cm³/mol. The maximum absolute atomic E-state index is 11.2. The van der Waals surface area contributed by atoms with E-state index in [1.807, 2.05) is 19.1 Å². The summed E-state index contributed by atoms with van der Waals surface area (Å²) in [6.07, 6.45) is 1.37. The molecular weight excluding hydrogens is 226 g/mol. The van der Waals surface area contributed by atoms with Crippen LogP contribution in [-0.2, 0) is 4.79 Å². The lowest BCUT2D eigenvalue weighted by molar-refractivity contribution is -0.118. The van der Waals surface area contributed by atoms with Gasteiger partial charge >= 0.3 is 0 Å². The van der Waals surface area contributed by atoms with E-state index in [0.29, 0.717) is 12.3 Å². The Morgan fingerprint density at radius 1 is 1.39 bits per heavy atom. The van der Waals surface area contributed by atoms with Crippen molar-refractivity contribution < 1.29 is 9.53 Å². The second-order valence-corrected chi connectivity index (χ2v) is 5.23. The van der Waals surface area contributed by atoms with Gasteiger partial charge in [-0.3, -0.25) is 4.79 Å². The molecule has 1 aromatic rings. The van der Waals surface area contributed by atoms with E-state index in [2.05, 4.69) is 19.9 Å². The molecule has 1 atom stereocenters. The lowest BCUT2D eigenvalue weighted by Crippen LogP contribution is -2.16. The van der Waals surface area contributed by atoms with Crippen molar-refractivity contribution in [3.63, 3.8) is 0 Å². The summed E-state index contributed by atoms with van der Waals surface area (Å²) in [4.78, 5) is 11.2. The van der Waals surface area contributed by atoms with Gasteiger partial charge < -0.3 is 10.5 Å². The number of nitrogens with two attached hydrogens (primary N) is 1. The molecule has 1 rings (SSSR count). The van der Waals surface area contributed by atoms with Crippen LogP contribution in [0.5, 0.6) is 5.75 Å². The SMILES string of the molecule is COc1ccc(C(CC(N)=O)CC(C)C)cc1C. The maximum atomic E-state index is 11.2. The van der Waals surface area contributed by atoms with Gasteiger partial charge in [-0.2, -0.15) is 0 Å². The number of hydrogen-bond acceptors (Lipinski definition) is 2. The number of benzene rings is 1. The van der Waals surface area contributed by atoms with Crippen molar-refractivity contribution in [1.82, 2.24) is 0 Å². The van der Waals surface area contributed by atoms with Crippen molar-refractivity contribution >= 4 is 5.91 Å². The van der Waals surface area contributed by atoms with Gasteiger partial charge in [0.1, 0.15) is 5.75 Å². The molecule has 0 saturated heterocycles. The van der Waals surface area contributed by atoms with E-state index < -0.39 is 0 Å². The molecule has 0 aromatic heterocycles. The normalized spacial score (nSPS) is 12.5. The molecule has 0 radical (unpaired) electrons. The van der Waals surface area contributed by atoms with Gasteiger partial charge in [-0.1, -0.05) is 26.0 Å². The van der Waals surface area contributed by atoms with Crippen molar-refractivity contribution in [1.29, 1.82) is 0 Å². The predicted octanol–water partition coefficient (Wildman–Crippen LogP) is 3.01. The Labute approximate surface area is 109 Å². The smallest absolute Gasteiger partial charge is 0.218 e. The molecule has 1 aromatic carbocycles. The Morgan fingerprint density at radius 2 is 2.06 bits per heavy atom. The molecule has 0 fully saturated rings. The quantitative estimate of drug-likeness (QED) is 0.842. The van der Waals surface area contributed by atoms with Crippen LogP contribution in [0.25, 0.3) is 0 Å². The lowest BCUT2D eigenvalue weighted by atomic mass is 9.87. The number of carbonyl (C=O) groups is 1. The molecule has 18 heavy (non-hydrogen) atoms. The summed E-state index contributed by atoms with van der Waals surface area (Å²) < 4.78 is 5.25.